The fourth-order valence-electron chi connectivity index (χ4n) is 3.43. The highest BCUT2D eigenvalue weighted by atomic mass is 35.5. The molecule has 9 heteroatoms. The maximum Gasteiger partial charge on any atom is 0.240 e. The molecular weight excluding hydrogens is 434 g/mol. The second-order valence-corrected chi connectivity index (χ2v) is 8.87. The van der Waals surface area contributed by atoms with Gasteiger partial charge in [-0.1, -0.05) is 48.5 Å². The Labute approximate surface area is 190 Å². The summed E-state index contributed by atoms with van der Waals surface area (Å²) in [5.74, 6) is 1.48. The van der Waals surface area contributed by atoms with Crippen molar-refractivity contribution in [2.24, 2.45) is 0 Å². The quantitative estimate of drug-likeness (QED) is 0.563. The van der Waals surface area contributed by atoms with Gasteiger partial charge in [-0.15, -0.1) is 10.2 Å². The molecule has 1 aromatic heterocycles. The molecule has 0 bridgehead atoms. The summed E-state index contributed by atoms with van der Waals surface area (Å²) in [6.45, 7) is 4.02. The zero-order valence-corrected chi connectivity index (χ0v) is 19.1. The van der Waals surface area contributed by atoms with Crippen LogP contribution in [0.15, 0.2) is 47.6 Å². The summed E-state index contributed by atoms with van der Waals surface area (Å²) in [6, 6.07) is 12.9. The Bertz CT molecular complexity index is 1090. The predicted octanol–water partition coefficient (Wildman–Crippen LogP) is 4.60. The third-order valence-corrected chi connectivity index (χ3v) is 6.77. The van der Waals surface area contributed by atoms with Crippen LogP contribution in [0.3, 0.4) is 0 Å². The Kier molecular flexibility index (Phi) is 6.38. The Morgan fingerprint density at radius 1 is 1.26 bits per heavy atom. The van der Waals surface area contributed by atoms with E-state index in [4.69, 9.17) is 16.3 Å². The number of carbonyl (C=O) groups excluding carboxylic acids is 1. The first-order valence-corrected chi connectivity index (χ1v) is 11.3. The fourth-order valence-corrected chi connectivity index (χ4v) is 4.71. The molecule has 0 unspecified atom stereocenters. The van der Waals surface area contributed by atoms with E-state index in [0.29, 0.717) is 15.9 Å². The maximum atomic E-state index is 13.3. The van der Waals surface area contributed by atoms with E-state index in [1.165, 1.54) is 11.8 Å². The number of aryl methyl sites for hydroxylation is 2. The zero-order chi connectivity index (χ0) is 22.0. The van der Waals surface area contributed by atoms with Gasteiger partial charge in [-0.2, -0.15) is 0 Å². The molecule has 31 heavy (non-hydrogen) atoms. The lowest BCUT2D eigenvalue weighted by atomic mass is 10.0. The van der Waals surface area contributed by atoms with Crippen molar-refractivity contribution < 1.29 is 9.53 Å². The number of anilines is 1. The van der Waals surface area contributed by atoms with Crippen molar-refractivity contribution in [3.8, 4) is 5.75 Å². The lowest BCUT2D eigenvalue weighted by molar-refractivity contribution is -0.116. The topological polar surface area (TPSA) is 81.1 Å². The minimum atomic E-state index is -0.459. The number of methoxy groups -OCH3 is 1. The van der Waals surface area contributed by atoms with E-state index in [2.05, 4.69) is 27.9 Å². The van der Waals surface area contributed by atoms with Crippen LogP contribution in [0.1, 0.15) is 36.3 Å². The second kappa shape index (κ2) is 9.20. The van der Waals surface area contributed by atoms with Crippen LogP contribution in [-0.2, 0) is 11.2 Å². The van der Waals surface area contributed by atoms with Gasteiger partial charge in [0.2, 0.25) is 11.1 Å². The summed E-state index contributed by atoms with van der Waals surface area (Å²) in [5.41, 5.74) is 6.05. The Morgan fingerprint density at radius 3 is 2.71 bits per heavy atom. The highest BCUT2D eigenvalue weighted by Crippen LogP contribution is 2.38. The van der Waals surface area contributed by atoms with Crippen molar-refractivity contribution in [1.82, 2.24) is 14.9 Å². The van der Waals surface area contributed by atoms with Gasteiger partial charge in [0.25, 0.3) is 0 Å². The van der Waals surface area contributed by atoms with Crippen LogP contribution in [0.2, 0.25) is 5.02 Å². The van der Waals surface area contributed by atoms with Crippen molar-refractivity contribution in [3.63, 3.8) is 0 Å². The van der Waals surface area contributed by atoms with E-state index in [-0.39, 0.29) is 11.9 Å². The highest BCUT2D eigenvalue weighted by molar-refractivity contribution is 8.00. The van der Waals surface area contributed by atoms with Gasteiger partial charge in [-0.3, -0.25) is 4.79 Å². The first kappa shape index (κ1) is 21.5. The first-order valence-electron chi connectivity index (χ1n) is 10.1. The third kappa shape index (κ3) is 4.50. The second-order valence-electron chi connectivity index (χ2n) is 7.36. The minimum absolute atomic E-state index is 0.135. The molecule has 3 aromatic rings. The van der Waals surface area contributed by atoms with Crippen LogP contribution in [0.4, 0.5) is 5.69 Å². The van der Waals surface area contributed by atoms with E-state index in [1.807, 2.05) is 48.0 Å². The van der Waals surface area contributed by atoms with Gasteiger partial charge in [-0.25, -0.2) is 4.68 Å². The van der Waals surface area contributed by atoms with Crippen molar-refractivity contribution in [2.45, 2.75) is 43.1 Å². The van der Waals surface area contributed by atoms with E-state index >= 15 is 0 Å². The molecule has 0 saturated carbocycles. The van der Waals surface area contributed by atoms with Gasteiger partial charge < -0.3 is 15.5 Å². The molecule has 1 amide bonds. The summed E-state index contributed by atoms with van der Waals surface area (Å²) in [4.78, 5) is 13.3. The third-order valence-electron chi connectivity index (χ3n) is 5.15. The number of thioether (sulfide) groups is 1. The Balaban J connectivity index is 1.65. The summed E-state index contributed by atoms with van der Waals surface area (Å²) in [6.07, 6.45) is 1.75. The number of halogens is 1. The molecule has 2 aromatic carbocycles. The number of fused-ring (bicyclic) bond motifs is 1. The van der Waals surface area contributed by atoms with Crippen LogP contribution >= 0.6 is 23.4 Å². The summed E-state index contributed by atoms with van der Waals surface area (Å²) in [7, 11) is 1.63. The van der Waals surface area contributed by atoms with Crippen LogP contribution in [0.25, 0.3) is 0 Å². The molecule has 1 aliphatic heterocycles. The van der Waals surface area contributed by atoms with Gasteiger partial charge in [0.1, 0.15) is 11.0 Å². The van der Waals surface area contributed by atoms with Gasteiger partial charge in [0, 0.05) is 17.1 Å². The van der Waals surface area contributed by atoms with E-state index in [0.717, 1.165) is 35.5 Å². The molecule has 4 rings (SSSR count). The van der Waals surface area contributed by atoms with Crippen LogP contribution in [-0.4, -0.2) is 33.1 Å². The monoisotopic (exact) mass is 457 g/mol. The molecule has 2 atom stereocenters. The molecule has 2 N–H and O–H groups in total. The number of benzene rings is 2. The molecule has 7 nitrogen and oxygen atoms in total. The van der Waals surface area contributed by atoms with Crippen LogP contribution in [0, 0.1) is 6.92 Å². The van der Waals surface area contributed by atoms with E-state index in [1.54, 1.807) is 13.2 Å². The minimum Gasteiger partial charge on any atom is -0.497 e. The zero-order valence-electron chi connectivity index (χ0n) is 17.6. The number of carbonyl (C=O) groups is 1. The summed E-state index contributed by atoms with van der Waals surface area (Å²) < 4.78 is 7.18. The Morgan fingerprint density at radius 2 is 2.03 bits per heavy atom. The van der Waals surface area contributed by atoms with Crippen LogP contribution in [0.5, 0.6) is 5.75 Å². The number of ether oxygens (including phenoxy) is 1. The lowest BCUT2D eigenvalue weighted by Gasteiger charge is -2.33. The smallest absolute Gasteiger partial charge is 0.240 e. The summed E-state index contributed by atoms with van der Waals surface area (Å²) in [5, 5.41) is 12.4. The van der Waals surface area contributed by atoms with E-state index < -0.39 is 5.25 Å². The molecule has 0 spiro atoms. The normalized spacial score (nSPS) is 17.5. The number of hydrogen-bond donors (Lipinski definition) is 2. The fraction of sp³-hybridized carbons (Fsp3) is 0.318. The van der Waals surface area contributed by atoms with Gasteiger partial charge in [-0.05, 0) is 48.7 Å². The van der Waals surface area contributed by atoms with E-state index in [9.17, 15) is 4.79 Å². The number of nitrogens with zero attached hydrogens (tertiary/aromatic N) is 3. The average Bonchev–Trinajstić information content (AvgIpc) is 3.17. The number of aromatic nitrogens is 3. The number of hydrogen-bond acceptors (Lipinski definition) is 6. The maximum absolute atomic E-state index is 13.3. The van der Waals surface area contributed by atoms with Crippen molar-refractivity contribution in [3.05, 3.63) is 64.4 Å². The molecule has 0 radical (unpaired) electrons. The average molecular weight is 458 g/mol. The number of rotatable bonds is 6. The van der Waals surface area contributed by atoms with Crippen LogP contribution < -0.4 is 15.5 Å². The van der Waals surface area contributed by atoms with Crippen molar-refractivity contribution in [1.29, 1.82) is 0 Å². The SMILES string of the molecule is CCCc1nnc2n1N[C@H](c1ccc(OC)cc1)[C@@H](C(=O)Nc1ccc(C)c(Cl)c1)S2. The Hall–Kier alpha value is -2.71. The number of nitrogens with one attached hydrogen (secondary N) is 2. The van der Waals surface area contributed by atoms with Crippen molar-refractivity contribution in [2.75, 3.05) is 17.9 Å². The summed E-state index contributed by atoms with van der Waals surface area (Å²) >= 11 is 7.64. The van der Waals surface area contributed by atoms with Gasteiger partial charge >= 0.3 is 0 Å². The van der Waals surface area contributed by atoms with Gasteiger partial charge in [0.05, 0.1) is 13.2 Å². The predicted molar refractivity (Wildman–Crippen MR) is 124 cm³/mol. The largest absolute Gasteiger partial charge is 0.497 e. The molecule has 1 aliphatic rings. The molecular formula is C22H24ClN5O2S. The number of amides is 1. The molecule has 0 saturated heterocycles. The highest BCUT2D eigenvalue weighted by Gasteiger charge is 2.37. The van der Waals surface area contributed by atoms with Gasteiger partial charge in [0.15, 0.2) is 5.82 Å². The first-order chi connectivity index (χ1) is 15.0. The standard InChI is InChI=1S/C22H24ClN5O2S/c1-4-5-18-25-26-22-28(18)27-19(14-7-10-16(30-3)11-8-14)20(31-22)21(29)24-15-9-6-13(2)17(23)12-15/h6-12,19-20,27H,4-5H2,1-3H3,(H,24,29)/t19-,20+/m1/s1. The lowest BCUT2D eigenvalue weighted by Crippen LogP contribution is -2.41. The molecule has 162 valence electrons. The molecule has 2 heterocycles. The molecule has 0 fully saturated rings. The van der Waals surface area contributed by atoms with Crippen molar-refractivity contribution >= 4 is 35.0 Å². The molecule has 0 aliphatic carbocycles.